The maximum Gasteiger partial charge on any atom is 0.320 e. The Balaban J connectivity index is 1.15. The van der Waals surface area contributed by atoms with Crippen molar-refractivity contribution in [3.05, 3.63) is 105 Å². The fourth-order valence-corrected chi connectivity index (χ4v) is 7.98. The number of fused-ring (bicyclic) bond motifs is 1. The zero-order valence-electron chi connectivity index (χ0n) is 29.6. The molecule has 2 atom stereocenters. The van der Waals surface area contributed by atoms with E-state index in [9.17, 15) is 15.0 Å². The first-order valence-corrected chi connectivity index (χ1v) is 18.0. The van der Waals surface area contributed by atoms with Gasteiger partial charge in [0.05, 0.1) is 18.2 Å². The number of halogens is 1. The van der Waals surface area contributed by atoms with Gasteiger partial charge in [0.1, 0.15) is 17.3 Å². The molecular formula is C42H44ClN3O5. The number of aryl methyl sites for hydroxylation is 1. The number of aliphatic hydroxyl groups excluding tert-OH is 1. The number of hydrogen-bond donors (Lipinski definition) is 2. The molecule has 2 fully saturated rings. The number of ether oxygens (including phenoxy) is 1. The molecule has 9 heteroatoms. The molecule has 0 aliphatic carbocycles. The van der Waals surface area contributed by atoms with E-state index in [1.807, 2.05) is 35.2 Å². The van der Waals surface area contributed by atoms with Gasteiger partial charge in [-0.05, 0) is 115 Å². The number of methoxy groups -OCH3 is 1. The summed E-state index contributed by atoms with van der Waals surface area (Å²) in [6, 6.07) is 20.3. The van der Waals surface area contributed by atoms with E-state index in [1.54, 1.807) is 7.11 Å². The molecule has 0 unspecified atom stereocenters. The Kier molecular flexibility index (Phi) is 10.0. The van der Waals surface area contributed by atoms with Gasteiger partial charge >= 0.3 is 5.97 Å². The Morgan fingerprint density at radius 2 is 1.71 bits per heavy atom. The van der Waals surface area contributed by atoms with E-state index in [-0.39, 0.29) is 6.10 Å². The van der Waals surface area contributed by atoms with Gasteiger partial charge in [-0.3, -0.25) is 14.6 Å². The van der Waals surface area contributed by atoms with E-state index in [0.29, 0.717) is 42.6 Å². The lowest BCUT2D eigenvalue weighted by molar-refractivity contribution is -0.142. The topological polar surface area (TPSA) is 99.3 Å². The van der Waals surface area contributed by atoms with E-state index < -0.39 is 12.0 Å². The number of β-amino-alcohol motifs (C(OH)–C–C–N with tert-alkyl or cyclic N) is 1. The lowest BCUT2D eigenvalue weighted by Gasteiger charge is -2.23. The molecule has 3 heterocycles. The summed E-state index contributed by atoms with van der Waals surface area (Å²) in [7, 11) is 1.67. The highest BCUT2D eigenvalue weighted by molar-refractivity contribution is 6.34. The average molecular weight is 706 g/mol. The van der Waals surface area contributed by atoms with Crippen LogP contribution >= 0.6 is 11.6 Å². The van der Waals surface area contributed by atoms with E-state index in [4.69, 9.17) is 25.7 Å². The summed E-state index contributed by atoms with van der Waals surface area (Å²) in [6.07, 6.45) is 6.35. The van der Waals surface area contributed by atoms with Gasteiger partial charge in [0.2, 0.25) is 5.89 Å². The molecule has 5 aromatic rings. The lowest BCUT2D eigenvalue weighted by Crippen LogP contribution is -2.35. The molecule has 51 heavy (non-hydrogen) atoms. The number of carboxylic acids is 1. The Bertz CT molecular complexity index is 2140. The van der Waals surface area contributed by atoms with Crippen molar-refractivity contribution < 1.29 is 24.2 Å². The number of carboxylic acid groups (broad SMARTS) is 1. The minimum absolute atomic E-state index is 0.272. The van der Waals surface area contributed by atoms with Crippen molar-refractivity contribution in [1.29, 1.82) is 0 Å². The van der Waals surface area contributed by atoms with Crippen molar-refractivity contribution in [2.75, 3.05) is 26.7 Å². The minimum atomic E-state index is -0.761. The van der Waals surface area contributed by atoms with Gasteiger partial charge in [0.15, 0.2) is 5.58 Å². The van der Waals surface area contributed by atoms with Crippen LogP contribution in [0.4, 0.5) is 0 Å². The minimum Gasteiger partial charge on any atom is -0.496 e. The van der Waals surface area contributed by atoms with Crippen molar-refractivity contribution in [2.24, 2.45) is 0 Å². The second-order valence-electron chi connectivity index (χ2n) is 13.9. The molecule has 2 aliphatic rings. The van der Waals surface area contributed by atoms with Crippen LogP contribution in [-0.2, 0) is 17.9 Å². The fourth-order valence-electron chi connectivity index (χ4n) is 7.70. The number of carbonyl (C=O) groups is 1. The molecule has 0 saturated carbocycles. The highest BCUT2D eigenvalue weighted by atomic mass is 35.5. The zero-order valence-corrected chi connectivity index (χ0v) is 30.3. The van der Waals surface area contributed by atoms with Crippen molar-refractivity contribution in [1.82, 2.24) is 14.8 Å². The fraction of sp³-hybridized carbons (Fsp3) is 0.333. The molecule has 2 saturated heterocycles. The van der Waals surface area contributed by atoms with Crippen molar-refractivity contribution >= 4 is 40.8 Å². The van der Waals surface area contributed by atoms with Crippen LogP contribution in [0.2, 0.25) is 5.02 Å². The van der Waals surface area contributed by atoms with Crippen LogP contribution in [0.1, 0.15) is 58.2 Å². The number of rotatable bonds is 10. The van der Waals surface area contributed by atoms with Gasteiger partial charge in [0, 0.05) is 37.3 Å². The Morgan fingerprint density at radius 3 is 2.45 bits per heavy atom. The first-order valence-electron chi connectivity index (χ1n) is 17.6. The number of nitrogens with zero attached hydrogens (tertiary/aromatic N) is 3. The van der Waals surface area contributed by atoms with Crippen LogP contribution in [0.5, 0.6) is 5.75 Å². The van der Waals surface area contributed by atoms with Gasteiger partial charge in [-0.1, -0.05) is 60.2 Å². The highest BCUT2D eigenvalue weighted by Gasteiger charge is 2.31. The van der Waals surface area contributed by atoms with Gasteiger partial charge < -0.3 is 19.4 Å². The number of aliphatic carboxylic acids is 1. The first-order chi connectivity index (χ1) is 24.6. The second kappa shape index (κ2) is 14.6. The molecule has 8 nitrogen and oxygen atoms in total. The Morgan fingerprint density at radius 1 is 0.961 bits per heavy atom. The first kappa shape index (κ1) is 35.0. The number of aliphatic hydroxyl groups is 1. The SMILES string of the molecule is COc1cc(/C=C/c2cccc(-c3cccc(-c4nc5cc(CN6CC[C@@H](O)C6)cc(Cl)c5o4)c3C)c2C)c(C)cc1CN1CCC[C@H]1C(=O)O. The molecule has 7 rings (SSSR count). The zero-order chi connectivity index (χ0) is 35.8. The van der Waals surface area contributed by atoms with Gasteiger partial charge in [-0.25, -0.2) is 4.98 Å². The maximum atomic E-state index is 11.7. The normalized spacial score (nSPS) is 18.4. The molecule has 0 spiro atoms. The molecule has 264 valence electrons. The summed E-state index contributed by atoms with van der Waals surface area (Å²) in [6.45, 7) is 9.89. The standard InChI is InChI=1S/C42H44ClN3O5/c1-25-18-31(23-46-16-7-12-38(46)42(48)49)39(50-4)21-30(25)14-13-29-8-5-9-33(26(29)2)34-10-6-11-35(27(34)3)41-44-37-20-28(19-36(43)40(37)51-41)22-45-17-15-32(47)24-45/h5-6,8-11,13-14,18-21,32,38,47H,7,12,15-17,22-24H2,1-4H3,(H,48,49)/b14-13+/t32-,38+/m1/s1. The number of hydrogen-bond acceptors (Lipinski definition) is 7. The van der Waals surface area contributed by atoms with Crippen molar-refractivity contribution in [2.45, 2.75) is 65.3 Å². The summed E-state index contributed by atoms with van der Waals surface area (Å²) < 4.78 is 12.1. The van der Waals surface area contributed by atoms with Crippen LogP contribution < -0.4 is 4.74 Å². The molecule has 0 amide bonds. The highest BCUT2D eigenvalue weighted by Crippen LogP contribution is 2.37. The quantitative estimate of drug-likeness (QED) is 0.140. The van der Waals surface area contributed by atoms with Crippen LogP contribution in [-0.4, -0.2) is 69.9 Å². The third kappa shape index (κ3) is 7.19. The summed E-state index contributed by atoms with van der Waals surface area (Å²) in [5.41, 5.74) is 12.0. The number of aromatic nitrogens is 1. The van der Waals surface area contributed by atoms with Gasteiger partial charge in [0.25, 0.3) is 0 Å². The molecular weight excluding hydrogens is 662 g/mol. The average Bonchev–Trinajstić information content (AvgIpc) is 3.85. The number of likely N-dealkylation sites (tertiary alicyclic amines) is 2. The third-order valence-corrected chi connectivity index (χ3v) is 10.8. The maximum absolute atomic E-state index is 11.7. The van der Waals surface area contributed by atoms with E-state index in [2.05, 4.69) is 68.2 Å². The van der Waals surface area contributed by atoms with Crippen LogP contribution in [0.25, 0.3) is 45.8 Å². The van der Waals surface area contributed by atoms with Crippen molar-refractivity contribution in [3.8, 4) is 28.3 Å². The van der Waals surface area contributed by atoms with Gasteiger partial charge in [-0.2, -0.15) is 0 Å². The molecule has 2 N–H and O–H groups in total. The Labute approximate surface area is 303 Å². The molecule has 1 aromatic heterocycles. The lowest BCUT2D eigenvalue weighted by atomic mass is 9.91. The van der Waals surface area contributed by atoms with E-state index in [0.717, 1.165) is 92.8 Å². The smallest absolute Gasteiger partial charge is 0.320 e. The monoisotopic (exact) mass is 705 g/mol. The second-order valence-corrected chi connectivity index (χ2v) is 14.3. The summed E-state index contributed by atoms with van der Waals surface area (Å²) >= 11 is 6.70. The van der Waals surface area contributed by atoms with Crippen LogP contribution in [0.15, 0.2) is 65.1 Å². The molecule has 0 bridgehead atoms. The van der Waals surface area contributed by atoms with Crippen LogP contribution in [0.3, 0.4) is 0 Å². The summed E-state index contributed by atoms with van der Waals surface area (Å²) in [4.78, 5) is 20.9. The summed E-state index contributed by atoms with van der Waals surface area (Å²) in [5, 5.41) is 20.1. The van der Waals surface area contributed by atoms with Crippen molar-refractivity contribution in [3.63, 3.8) is 0 Å². The van der Waals surface area contributed by atoms with Gasteiger partial charge in [-0.15, -0.1) is 0 Å². The number of oxazole rings is 1. The third-order valence-electron chi connectivity index (χ3n) is 10.5. The predicted molar refractivity (Wildman–Crippen MR) is 203 cm³/mol. The molecule has 4 aromatic carbocycles. The Hall–Kier alpha value is -4.47. The van der Waals surface area contributed by atoms with E-state index in [1.165, 1.54) is 0 Å². The van der Waals surface area contributed by atoms with E-state index >= 15 is 0 Å². The molecule has 2 aliphatic heterocycles. The molecule has 0 radical (unpaired) electrons. The predicted octanol–water partition coefficient (Wildman–Crippen LogP) is 8.54. The van der Waals surface area contributed by atoms with Crippen LogP contribution in [0, 0.1) is 20.8 Å². The largest absolute Gasteiger partial charge is 0.496 e. The number of benzene rings is 4. The summed E-state index contributed by atoms with van der Waals surface area (Å²) in [5.74, 6) is 0.533.